The number of ether oxygens (including phenoxy) is 4. The Morgan fingerprint density at radius 2 is 1.33 bits per heavy atom. The van der Waals surface area contributed by atoms with E-state index in [0.717, 1.165) is 25.7 Å². The number of carboxylic acids is 3. The molecule has 4 unspecified atom stereocenters. The molecule has 0 radical (unpaired) electrons. The van der Waals surface area contributed by atoms with Crippen LogP contribution in [0.5, 0.6) is 0 Å². The van der Waals surface area contributed by atoms with Gasteiger partial charge in [0.2, 0.25) is 0 Å². The predicted octanol–water partition coefficient (Wildman–Crippen LogP) is 1.96. The van der Waals surface area contributed by atoms with Crippen LogP contribution < -0.4 is 0 Å². The lowest BCUT2D eigenvalue weighted by atomic mass is 9.35. The van der Waals surface area contributed by atoms with Crippen LogP contribution in [-0.2, 0) is 33.3 Å². The van der Waals surface area contributed by atoms with Gasteiger partial charge in [-0.3, -0.25) is 4.79 Å². The van der Waals surface area contributed by atoms with Gasteiger partial charge in [-0.2, -0.15) is 0 Å². The van der Waals surface area contributed by atoms with Crippen LogP contribution in [0.1, 0.15) is 99.3 Å². The minimum absolute atomic E-state index is 0.0600. The summed E-state index contributed by atoms with van der Waals surface area (Å²) in [7, 11) is 0. The van der Waals surface area contributed by atoms with Crippen molar-refractivity contribution in [1.29, 1.82) is 0 Å². The van der Waals surface area contributed by atoms with Gasteiger partial charge in [0.05, 0.1) is 18.1 Å². The molecule has 5 fully saturated rings. The molecule has 0 bridgehead atoms. The fourth-order valence-electron chi connectivity index (χ4n) is 12.9. The lowest BCUT2D eigenvalue weighted by Gasteiger charge is -2.69. The Kier molecular flexibility index (Phi) is 10.9. The molecule has 0 aromatic carbocycles. The van der Waals surface area contributed by atoms with E-state index in [9.17, 15) is 60.3 Å². The number of fused-ring (bicyclic) bond motifs is 6. The second-order valence-electron chi connectivity index (χ2n) is 20.1. The molecule has 2 aliphatic heterocycles. The first kappa shape index (κ1) is 43.6. The number of hydrogen-bond acceptors (Lipinski definition) is 13. The van der Waals surface area contributed by atoms with Gasteiger partial charge in [-0.25, -0.2) is 9.59 Å². The zero-order valence-electron chi connectivity index (χ0n) is 34.1. The average Bonchev–Trinajstić information content (AvgIpc) is 3.16. The standard InChI is InChI=1S/C42H62O16/c1-37-13-14-38(2,36(53)54)17-20(37)19-7-8-22-39(3)11-10-23(40(4,18-43)21(39)9-12-42(22,6)41(19,5)16-15-37)55-35-31(27(47)26(46)30(57-35)33(51)52)58-34-28(48)24(44)25(45)29(56-34)32(49)50/h7-8,21-31,34-35,43-48H,9-18H2,1-6H3,(H,49,50)(H,51,52)(H,53,54)/t21?,22?,23-,24+,25-,26?,27+,28+,29-,30-,31+,34-,35+,37+,38-,39-,40+,41?,42+/m0/s1. The first-order valence-corrected chi connectivity index (χ1v) is 20.7. The third kappa shape index (κ3) is 6.26. The van der Waals surface area contributed by atoms with Gasteiger partial charge in [-0.1, -0.05) is 52.3 Å². The molecule has 9 N–H and O–H groups in total. The van der Waals surface area contributed by atoms with Gasteiger partial charge in [0.15, 0.2) is 24.8 Å². The van der Waals surface area contributed by atoms with Gasteiger partial charge in [0.25, 0.3) is 0 Å². The first-order valence-electron chi connectivity index (χ1n) is 20.7. The summed E-state index contributed by atoms with van der Waals surface area (Å²) in [6, 6.07) is 0. The van der Waals surface area contributed by atoms with Crippen LogP contribution in [-0.4, -0.2) is 138 Å². The van der Waals surface area contributed by atoms with Gasteiger partial charge in [-0.05, 0) is 104 Å². The molecule has 0 aromatic rings. The van der Waals surface area contributed by atoms with E-state index in [1.165, 1.54) is 11.1 Å². The minimum Gasteiger partial charge on any atom is -0.481 e. The number of aliphatic hydroxyl groups excluding tert-OH is 6. The van der Waals surface area contributed by atoms with E-state index in [2.05, 4.69) is 39.8 Å². The Morgan fingerprint density at radius 3 is 1.93 bits per heavy atom. The van der Waals surface area contributed by atoms with Crippen molar-refractivity contribution in [2.45, 2.75) is 167 Å². The zero-order chi connectivity index (χ0) is 42.7. The van der Waals surface area contributed by atoms with Crippen molar-refractivity contribution in [2.24, 2.45) is 44.3 Å². The smallest absolute Gasteiger partial charge is 0.335 e. The van der Waals surface area contributed by atoms with Gasteiger partial charge in [0, 0.05) is 5.41 Å². The molecule has 0 amide bonds. The molecular formula is C42H62O16. The number of rotatable bonds is 8. The van der Waals surface area contributed by atoms with E-state index >= 15 is 0 Å². The Morgan fingerprint density at radius 1 is 0.724 bits per heavy atom. The Labute approximate surface area is 337 Å². The molecule has 2 heterocycles. The molecule has 326 valence electrons. The third-order valence-electron chi connectivity index (χ3n) is 17.0. The highest BCUT2D eigenvalue weighted by Gasteiger charge is 2.68. The maximum Gasteiger partial charge on any atom is 0.335 e. The second kappa shape index (κ2) is 14.6. The second-order valence-corrected chi connectivity index (χ2v) is 20.1. The van der Waals surface area contributed by atoms with Crippen molar-refractivity contribution in [1.82, 2.24) is 0 Å². The highest BCUT2D eigenvalue weighted by Crippen LogP contribution is 2.74. The molecule has 16 heteroatoms. The van der Waals surface area contributed by atoms with E-state index in [4.69, 9.17) is 18.9 Å². The highest BCUT2D eigenvalue weighted by atomic mass is 16.8. The molecule has 58 heavy (non-hydrogen) atoms. The number of hydrogen-bond donors (Lipinski definition) is 9. The summed E-state index contributed by atoms with van der Waals surface area (Å²) < 4.78 is 23.3. The number of allylic oxidation sites excluding steroid dienone is 4. The lowest BCUT2D eigenvalue weighted by Crippen LogP contribution is -2.67. The number of aliphatic hydroxyl groups is 6. The molecule has 3 saturated carbocycles. The summed E-state index contributed by atoms with van der Waals surface area (Å²) in [5, 5.41) is 94.4. The van der Waals surface area contributed by atoms with Gasteiger partial charge in [0.1, 0.15) is 36.6 Å². The molecule has 2 saturated heterocycles. The quantitative estimate of drug-likeness (QED) is 0.158. The van der Waals surface area contributed by atoms with Crippen LogP contribution in [0.15, 0.2) is 23.3 Å². The van der Waals surface area contributed by atoms with Crippen LogP contribution in [0.3, 0.4) is 0 Å². The zero-order valence-corrected chi connectivity index (χ0v) is 34.1. The predicted molar refractivity (Wildman–Crippen MR) is 200 cm³/mol. The SMILES string of the molecule is CC12CC[C@@]3(C)CC[C@](C)(C(=O)O)CC3=C1C=CC1[C@@]3(C)CC[C@H](O[C@@H]4O[C@H](C(=O)O)C(O)[C@@H](O)[C@H]4O[C@@H]4O[C@H](C(=O)O)[C@@H](O)[C@@H](O)[C@H]4O)[C@](C)(CO)C3CC[C@]12C. The summed E-state index contributed by atoms with van der Waals surface area (Å²) in [5.74, 6) is -4.11. The van der Waals surface area contributed by atoms with E-state index in [1.807, 2.05) is 13.8 Å². The van der Waals surface area contributed by atoms with Crippen molar-refractivity contribution in [2.75, 3.05) is 6.61 Å². The third-order valence-corrected chi connectivity index (χ3v) is 17.0. The summed E-state index contributed by atoms with van der Waals surface area (Å²) >= 11 is 0. The van der Waals surface area contributed by atoms with Crippen LogP contribution in [0.2, 0.25) is 0 Å². The highest BCUT2D eigenvalue weighted by molar-refractivity contribution is 5.75. The average molecular weight is 823 g/mol. The molecule has 0 aromatic heterocycles. The number of carbonyl (C=O) groups is 3. The monoisotopic (exact) mass is 822 g/mol. The maximum atomic E-state index is 12.5. The molecular weight excluding hydrogens is 760 g/mol. The van der Waals surface area contributed by atoms with Crippen molar-refractivity contribution in [3.05, 3.63) is 23.3 Å². The summed E-state index contributed by atoms with van der Waals surface area (Å²) in [5.41, 5.74) is -0.0843. The molecule has 16 nitrogen and oxygen atoms in total. The normalized spacial score (nSPS) is 52.8. The van der Waals surface area contributed by atoms with Crippen molar-refractivity contribution >= 4 is 17.9 Å². The first-order chi connectivity index (χ1) is 26.9. The lowest BCUT2D eigenvalue weighted by molar-refractivity contribution is -0.372. The molecule has 7 rings (SSSR count). The Hall–Kier alpha value is -2.51. The topological polar surface area (TPSA) is 270 Å². The van der Waals surface area contributed by atoms with Crippen LogP contribution in [0, 0.1) is 44.3 Å². The Balaban J connectivity index is 1.19. The molecule has 19 atom stereocenters. The molecule has 0 spiro atoms. The van der Waals surface area contributed by atoms with Crippen molar-refractivity contribution < 1.29 is 79.3 Å². The van der Waals surface area contributed by atoms with E-state index in [-0.39, 0.29) is 40.1 Å². The van der Waals surface area contributed by atoms with Crippen molar-refractivity contribution in [3.8, 4) is 0 Å². The fraction of sp³-hybridized carbons (Fsp3) is 0.833. The van der Waals surface area contributed by atoms with Gasteiger partial charge < -0.3 is 64.9 Å². The number of aliphatic carboxylic acids is 3. The van der Waals surface area contributed by atoms with Gasteiger partial charge in [-0.15, -0.1) is 0 Å². The van der Waals surface area contributed by atoms with E-state index < -0.39 is 96.3 Å². The van der Waals surface area contributed by atoms with Crippen molar-refractivity contribution in [3.63, 3.8) is 0 Å². The fourth-order valence-corrected chi connectivity index (χ4v) is 12.9. The molecule has 5 aliphatic carbocycles. The largest absolute Gasteiger partial charge is 0.481 e. The van der Waals surface area contributed by atoms with Crippen LogP contribution in [0.4, 0.5) is 0 Å². The van der Waals surface area contributed by atoms with E-state index in [0.29, 0.717) is 32.1 Å². The Bertz CT molecular complexity index is 1730. The molecule has 7 aliphatic rings. The summed E-state index contributed by atoms with van der Waals surface area (Å²) in [6.07, 6.45) is -9.53. The van der Waals surface area contributed by atoms with Gasteiger partial charge >= 0.3 is 17.9 Å². The number of carboxylic acid groups (broad SMARTS) is 3. The van der Waals surface area contributed by atoms with E-state index in [1.54, 1.807) is 0 Å². The van der Waals surface area contributed by atoms with Crippen LogP contribution >= 0.6 is 0 Å². The summed E-state index contributed by atoms with van der Waals surface area (Å²) in [4.78, 5) is 36.5. The summed E-state index contributed by atoms with van der Waals surface area (Å²) in [6.45, 7) is 12.7. The maximum absolute atomic E-state index is 12.5. The van der Waals surface area contributed by atoms with Crippen LogP contribution in [0.25, 0.3) is 0 Å². The minimum atomic E-state index is -2.06.